The minimum Gasteiger partial charge on any atom is -0.369 e. The standard InChI is InChI=1S/C14H16F3N3/c15-14(16,17)11(7-19)9-20-8-10(5-6-18)12-3-1-2-4-13(12)20/h1-4,10-11H,5-6,8-9,18H2. The van der Waals surface area contributed by atoms with Gasteiger partial charge >= 0.3 is 6.18 Å². The fourth-order valence-electron chi connectivity index (χ4n) is 2.64. The maximum Gasteiger partial charge on any atom is 0.406 e. The third kappa shape index (κ3) is 2.88. The number of para-hydroxylation sites is 1. The van der Waals surface area contributed by atoms with Crippen molar-refractivity contribution in [1.29, 1.82) is 5.26 Å². The lowest BCUT2D eigenvalue weighted by atomic mass is 9.98. The predicted octanol–water partition coefficient (Wildman–Crippen LogP) is 2.64. The molecule has 0 aliphatic carbocycles. The molecule has 0 saturated heterocycles. The molecule has 2 N–H and O–H groups in total. The molecule has 0 fully saturated rings. The Morgan fingerprint density at radius 3 is 2.70 bits per heavy atom. The molecule has 1 heterocycles. The molecule has 0 amide bonds. The lowest BCUT2D eigenvalue weighted by Gasteiger charge is -2.24. The first-order chi connectivity index (χ1) is 9.47. The first-order valence-electron chi connectivity index (χ1n) is 6.47. The van der Waals surface area contributed by atoms with Gasteiger partial charge in [0, 0.05) is 24.7 Å². The summed E-state index contributed by atoms with van der Waals surface area (Å²) < 4.78 is 38.2. The van der Waals surface area contributed by atoms with Gasteiger partial charge in [0.1, 0.15) is 0 Å². The van der Waals surface area contributed by atoms with Gasteiger partial charge in [-0.25, -0.2) is 0 Å². The molecule has 20 heavy (non-hydrogen) atoms. The number of anilines is 1. The van der Waals surface area contributed by atoms with Gasteiger partial charge in [0.05, 0.1) is 6.07 Å². The van der Waals surface area contributed by atoms with Gasteiger partial charge < -0.3 is 10.6 Å². The lowest BCUT2D eigenvalue weighted by Crippen LogP contribution is -2.35. The van der Waals surface area contributed by atoms with Crippen molar-refractivity contribution in [1.82, 2.24) is 0 Å². The molecule has 1 aliphatic rings. The number of rotatable bonds is 4. The Bertz CT molecular complexity index is 507. The summed E-state index contributed by atoms with van der Waals surface area (Å²) in [5.74, 6) is -1.82. The Labute approximate surface area is 115 Å². The average molecular weight is 283 g/mol. The minimum absolute atomic E-state index is 0.142. The zero-order valence-electron chi connectivity index (χ0n) is 10.9. The number of hydrogen-bond acceptors (Lipinski definition) is 3. The first kappa shape index (κ1) is 14.7. The summed E-state index contributed by atoms with van der Waals surface area (Å²) >= 11 is 0. The summed E-state index contributed by atoms with van der Waals surface area (Å²) in [7, 11) is 0. The highest BCUT2D eigenvalue weighted by atomic mass is 19.4. The molecule has 2 unspecified atom stereocenters. The van der Waals surface area contributed by atoms with Crippen LogP contribution in [-0.4, -0.2) is 25.8 Å². The van der Waals surface area contributed by atoms with Crippen LogP contribution in [0.1, 0.15) is 17.9 Å². The van der Waals surface area contributed by atoms with Crippen molar-refractivity contribution >= 4 is 5.69 Å². The van der Waals surface area contributed by atoms with Crippen LogP contribution in [-0.2, 0) is 0 Å². The molecular weight excluding hydrogens is 267 g/mol. The van der Waals surface area contributed by atoms with Crippen molar-refractivity contribution in [3.8, 4) is 6.07 Å². The van der Waals surface area contributed by atoms with Crippen molar-refractivity contribution in [3.63, 3.8) is 0 Å². The fraction of sp³-hybridized carbons (Fsp3) is 0.500. The van der Waals surface area contributed by atoms with Gasteiger partial charge in [-0.2, -0.15) is 18.4 Å². The topological polar surface area (TPSA) is 53.0 Å². The summed E-state index contributed by atoms with van der Waals surface area (Å²) in [6, 6.07) is 8.75. The van der Waals surface area contributed by atoms with E-state index in [0.717, 1.165) is 17.7 Å². The molecule has 0 saturated carbocycles. The molecule has 1 aromatic rings. The van der Waals surface area contributed by atoms with E-state index in [1.807, 2.05) is 12.1 Å². The SMILES string of the molecule is N#CC(CN1CC(CCN)c2ccccc21)C(F)(F)F. The monoisotopic (exact) mass is 283 g/mol. The Hall–Kier alpha value is -1.74. The highest BCUT2D eigenvalue weighted by Gasteiger charge is 2.42. The molecule has 108 valence electrons. The van der Waals surface area contributed by atoms with E-state index in [-0.39, 0.29) is 12.5 Å². The average Bonchev–Trinajstić information content (AvgIpc) is 2.74. The molecule has 0 aromatic heterocycles. The van der Waals surface area contributed by atoms with E-state index in [2.05, 4.69) is 0 Å². The van der Waals surface area contributed by atoms with Crippen LogP contribution in [0.25, 0.3) is 0 Å². The number of nitrogens with zero attached hydrogens (tertiary/aromatic N) is 2. The second kappa shape index (κ2) is 5.71. The smallest absolute Gasteiger partial charge is 0.369 e. The van der Waals surface area contributed by atoms with Gasteiger partial charge in [-0.3, -0.25) is 0 Å². The molecule has 3 nitrogen and oxygen atoms in total. The molecule has 0 bridgehead atoms. The van der Waals surface area contributed by atoms with Crippen molar-refractivity contribution in [2.75, 3.05) is 24.5 Å². The summed E-state index contributed by atoms with van der Waals surface area (Å²) in [6.45, 7) is 0.663. The van der Waals surface area contributed by atoms with Crippen LogP contribution < -0.4 is 10.6 Å². The zero-order chi connectivity index (χ0) is 14.8. The van der Waals surface area contributed by atoms with Crippen LogP contribution in [0, 0.1) is 17.2 Å². The van der Waals surface area contributed by atoms with Crippen molar-refractivity contribution in [3.05, 3.63) is 29.8 Å². The third-order valence-electron chi connectivity index (χ3n) is 3.63. The molecule has 2 atom stereocenters. The number of nitriles is 1. The molecule has 0 spiro atoms. The zero-order valence-corrected chi connectivity index (χ0v) is 10.9. The maximum absolute atomic E-state index is 12.7. The minimum atomic E-state index is -4.49. The van der Waals surface area contributed by atoms with E-state index in [4.69, 9.17) is 11.0 Å². The van der Waals surface area contributed by atoms with Crippen molar-refractivity contribution in [2.24, 2.45) is 11.7 Å². The summed E-state index contributed by atoms with van der Waals surface area (Å²) in [5.41, 5.74) is 7.37. The Morgan fingerprint density at radius 2 is 2.10 bits per heavy atom. The molecular formula is C14H16F3N3. The summed E-state index contributed by atoms with van der Waals surface area (Å²) in [5, 5.41) is 8.72. The van der Waals surface area contributed by atoms with Crippen LogP contribution in [0.3, 0.4) is 0 Å². The molecule has 1 aliphatic heterocycles. The Kier molecular flexibility index (Phi) is 4.19. The Morgan fingerprint density at radius 1 is 1.40 bits per heavy atom. The highest BCUT2D eigenvalue weighted by Crippen LogP contribution is 2.39. The van der Waals surface area contributed by atoms with E-state index in [1.54, 1.807) is 17.0 Å². The van der Waals surface area contributed by atoms with Gasteiger partial charge in [-0.15, -0.1) is 0 Å². The maximum atomic E-state index is 12.7. The van der Waals surface area contributed by atoms with Crippen LogP contribution in [0.4, 0.5) is 18.9 Å². The third-order valence-corrected chi connectivity index (χ3v) is 3.63. The first-order valence-corrected chi connectivity index (χ1v) is 6.47. The summed E-state index contributed by atoms with van der Waals surface area (Å²) in [6.07, 6.45) is -3.76. The van der Waals surface area contributed by atoms with Gasteiger partial charge in [0.2, 0.25) is 0 Å². The van der Waals surface area contributed by atoms with Crippen LogP contribution in [0.15, 0.2) is 24.3 Å². The molecule has 6 heteroatoms. The molecule has 0 radical (unpaired) electrons. The van der Waals surface area contributed by atoms with Gasteiger partial charge in [0.15, 0.2) is 5.92 Å². The number of alkyl halides is 3. The number of benzene rings is 1. The number of hydrogen-bond donors (Lipinski definition) is 1. The highest BCUT2D eigenvalue weighted by molar-refractivity contribution is 5.60. The number of halogens is 3. The van der Waals surface area contributed by atoms with E-state index >= 15 is 0 Å². The largest absolute Gasteiger partial charge is 0.406 e. The van der Waals surface area contributed by atoms with Crippen LogP contribution in [0.2, 0.25) is 0 Å². The number of nitrogens with two attached hydrogens (primary N) is 1. The van der Waals surface area contributed by atoms with Gasteiger partial charge in [0.25, 0.3) is 0 Å². The van der Waals surface area contributed by atoms with E-state index < -0.39 is 12.1 Å². The van der Waals surface area contributed by atoms with E-state index in [0.29, 0.717) is 13.1 Å². The van der Waals surface area contributed by atoms with Gasteiger partial charge in [-0.1, -0.05) is 18.2 Å². The van der Waals surface area contributed by atoms with Gasteiger partial charge in [-0.05, 0) is 24.6 Å². The molecule has 1 aromatic carbocycles. The van der Waals surface area contributed by atoms with E-state index in [9.17, 15) is 13.2 Å². The lowest BCUT2D eigenvalue weighted by molar-refractivity contribution is -0.156. The van der Waals surface area contributed by atoms with Crippen molar-refractivity contribution in [2.45, 2.75) is 18.5 Å². The Balaban J connectivity index is 2.21. The van der Waals surface area contributed by atoms with Crippen LogP contribution in [0.5, 0.6) is 0 Å². The molecule has 2 rings (SSSR count). The summed E-state index contributed by atoms with van der Waals surface area (Å²) in [4.78, 5) is 1.65. The second-order valence-electron chi connectivity index (χ2n) is 4.96. The predicted molar refractivity (Wildman–Crippen MR) is 70.2 cm³/mol. The normalized spacial score (nSPS) is 19.6. The van der Waals surface area contributed by atoms with E-state index in [1.165, 1.54) is 6.07 Å². The van der Waals surface area contributed by atoms with Crippen molar-refractivity contribution < 1.29 is 13.2 Å². The number of fused-ring (bicyclic) bond motifs is 1. The fourth-order valence-corrected chi connectivity index (χ4v) is 2.64. The van der Waals surface area contributed by atoms with Crippen LogP contribution >= 0.6 is 0 Å². The quantitative estimate of drug-likeness (QED) is 0.924. The second-order valence-corrected chi connectivity index (χ2v) is 4.96.